The molecule has 1 aliphatic rings. The number of carbonyl (C=O) groups is 2. The minimum atomic E-state index is -1.25. The van der Waals surface area contributed by atoms with Crippen molar-refractivity contribution in [3.63, 3.8) is 0 Å². The van der Waals surface area contributed by atoms with Gasteiger partial charge in [-0.2, -0.15) is 0 Å². The van der Waals surface area contributed by atoms with E-state index in [-0.39, 0.29) is 11.8 Å². The lowest BCUT2D eigenvalue weighted by molar-refractivity contribution is 0.101. The first-order valence-electron chi connectivity index (χ1n) is 9.92. The molecule has 1 aliphatic heterocycles. The van der Waals surface area contributed by atoms with Gasteiger partial charge in [-0.1, -0.05) is 29.3 Å². The summed E-state index contributed by atoms with van der Waals surface area (Å²) in [7, 11) is 0. The highest BCUT2D eigenvalue weighted by atomic mass is 35.5. The Morgan fingerprint density at radius 3 is 2.41 bits per heavy atom. The molecule has 1 unspecified atom stereocenters. The number of rotatable bonds is 5. The number of nitrogens with one attached hydrogen (secondary N) is 3. The molecule has 0 spiro atoms. The summed E-state index contributed by atoms with van der Waals surface area (Å²) in [5.74, 6) is -0.598. The van der Waals surface area contributed by atoms with Gasteiger partial charge >= 0.3 is 0 Å². The zero-order valence-electron chi connectivity index (χ0n) is 17.2. The van der Waals surface area contributed by atoms with E-state index < -0.39 is 11.2 Å². The second-order valence-corrected chi connectivity index (χ2v) is 8.90. The molecular weight excluding hydrogens is 448 g/mol. The van der Waals surface area contributed by atoms with E-state index in [2.05, 4.69) is 15.4 Å². The van der Waals surface area contributed by atoms with Crippen LogP contribution in [0.25, 0.3) is 0 Å². The van der Waals surface area contributed by atoms with E-state index in [1.807, 2.05) is 19.1 Å². The van der Waals surface area contributed by atoms with E-state index in [0.29, 0.717) is 40.6 Å². The predicted octanol–water partition coefficient (Wildman–Crippen LogP) is 4.14. The second kappa shape index (κ2) is 9.52. The largest absolute Gasteiger partial charge is 0.322 e. The van der Waals surface area contributed by atoms with Crippen molar-refractivity contribution < 1.29 is 13.8 Å². The number of benzene rings is 3. The number of nitrogens with zero attached hydrogens (tertiary/aromatic N) is 1. The van der Waals surface area contributed by atoms with Gasteiger partial charge in [0.2, 0.25) is 0 Å². The summed E-state index contributed by atoms with van der Waals surface area (Å²) in [6, 6.07) is 19.0. The lowest BCUT2D eigenvalue weighted by Gasteiger charge is -2.15. The molecular formula is C23H21ClN4O3S. The van der Waals surface area contributed by atoms with Crippen LogP contribution in [0, 0.1) is 6.92 Å². The van der Waals surface area contributed by atoms with Gasteiger partial charge in [0.25, 0.3) is 11.8 Å². The Kier molecular flexibility index (Phi) is 6.55. The highest BCUT2D eigenvalue weighted by molar-refractivity contribution is 7.84. The predicted molar refractivity (Wildman–Crippen MR) is 128 cm³/mol. The van der Waals surface area contributed by atoms with E-state index in [4.69, 9.17) is 11.6 Å². The monoisotopic (exact) mass is 468 g/mol. The Morgan fingerprint density at radius 2 is 1.72 bits per heavy atom. The van der Waals surface area contributed by atoms with Crippen molar-refractivity contribution in [1.29, 1.82) is 0 Å². The molecule has 2 amide bonds. The molecule has 0 aromatic heterocycles. The van der Waals surface area contributed by atoms with Crippen molar-refractivity contribution in [2.24, 2.45) is 0 Å². The standard InChI is InChI=1S/C23H21ClN4O3S/c1-15-3-2-4-17(13-15)23(30)27-21-14-18(7-10-20(21)24)26-22(29)16-5-8-19(9-6-16)28-12-11-25-32(28)31/h2-10,13-14,25H,11-12H2,1H3,(H,26,29)(H,27,30). The van der Waals surface area contributed by atoms with Crippen LogP contribution in [-0.2, 0) is 11.2 Å². The molecule has 7 nitrogen and oxygen atoms in total. The molecule has 3 aromatic carbocycles. The molecule has 1 heterocycles. The van der Waals surface area contributed by atoms with Crippen LogP contribution in [0.3, 0.4) is 0 Å². The minimum Gasteiger partial charge on any atom is -0.322 e. The molecule has 9 heteroatoms. The number of amides is 2. The molecule has 0 radical (unpaired) electrons. The first kappa shape index (κ1) is 22.0. The Labute approximate surface area is 193 Å². The molecule has 0 saturated carbocycles. The maximum absolute atomic E-state index is 12.7. The quantitative estimate of drug-likeness (QED) is 0.525. The number of hydrogen-bond donors (Lipinski definition) is 3. The summed E-state index contributed by atoms with van der Waals surface area (Å²) in [6.07, 6.45) is 0. The summed E-state index contributed by atoms with van der Waals surface area (Å²) in [4.78, 5) is 25.2. The van der Waals surface area contributed by atoms with Crippen LogP contribution < -0.4 is 19.7 Å². The molecule has 32 heavy (non-hydrogen) atoms. The van der Waals surface area contributed by atoms with Gasteiger partial charge in [0.15, 0.2) is 11.2 Å². The van der Waals surface area contributed by atoms with E-state index in [1.54, 1.807) is 58.9 Å². The Bertz CT molecular complexity index is 1200. The molecule has 1 atom stereocenters. The van der Waals surface area contributed by atoms with Gasteiger partial charge in [-0.05, 0) is 61.5 Å². The number of carbonyl (C=O) groups excluding carboxylic acids is 2. The SMILES string of the molecule is Cc1cccc(C(=O)Nc2cc(NC(=O)c3ccc(N4CCNS4=O)cc3)ccc2Cl)c1. The summed E-state index contributed by atoms with van der Waals surface area (Å²) >= 11 is 4.99. The van der Waals surface area contributed by atoms with Crippen LogP contribution in [0.5, 0.6) is 0 Å². The molecule has 164 valence electrons. The average molecular weight is 469 g/mol. The van der Waals surface area contributed by atoms with Gasteiger partial charge in [0.05, 0.1) is 16.4 Å². The van der Waals surface area contributed by atoms with Gasteiger partial charge in [0.1, 0.15) is 0 Å². The number of aryl methyl sites for hydroxylation is 1. The van der Waals surface area contributed by atoms with Crippen LogP contribution in [0.2, 0.25) is 5.02 Å². The van der Waals surface area contributed by atoms with Crippen molar-refractivity contribution in [3.05, 3.63) is 88.4 Å². The van der Waals surface area contributed by atoms with Crippen LogP contribution in [0.4, 0.5) is 17.1 Å². The Morgan fingerprint density at radius 1 is 0.969 bits per heavy atom. The summed E-state index contributed by atoms with van der Waals surface area (Å²) < 4.78 is 16.5. The van der Waals surface area contributed by atoms with Crippen LogP contribution in [0.15, 0.2) is 66.7 Å². The number of anilines is 3. The number of halogens is 1. The average Bonchev–Trinajstić information content (AvgIpc) is 3.22. The first-order valence-corrected chi connectivity index (χ1v) is 11.4. The highest BCUT2D eigenvalue weighted by Crippen LogP contribution is 2.27. The van der Waals surface area contributed by atoms with Crippen molar-refractivity contribution in [3.8, 4) is 0 Å². The molecule has 4 rings (SSSR count). The first-order chi connectivity index (χ1) is 15.4. The second-order valence-electron chi connectivity index (χ2n) is 7.26. The smallest absolute Gasteiger partial charge is 0.255 e. The fourth-order valence-electron chi connectivity index (χ4n) is 3.28. The Hall–Kier alpha value is -3.20. The summed E-state index contributed by atoms with van der Waals surface area (Å²) in [6.45, 7) is 3.20. The van der Waals surface area contributed by atoms with Crippen molar-refractivity contribution in [2.75, 3.05) is 28.0 Å². The lowest BCUT2D eigenvalue weighted by atomic mass is 10.1. The van der Waals surface area contributed by atoms with Gasteiger partial charge in [-0.3, -0.25) is 13.9 Å². The van der Waals surface area contributed by atoms with Crippen LogP contribution in [-0.4, -0.2) is 29.1 Å². The van der Waals surface area contributed by atoms with Crippen molar-refractivity contribution in [1.82, 2.24) is 4.72 Å². The summed E-state index contributed by atoms with van der Waals surface area (Å²) in [5, 5.41) is 5.96. The van der Waals surface area contributed by atoms with E-state index in [9.17, 15) is 13.8 Å². The topological polar surface area (TPSA) is 90.5 Å². The third-order valence-electron chi connectivity index (χ3n) is 4.91. The lowest BCUT2D eigenvalue weighted by Crippen LogP contribution is -2.22. The van der Waals surface area contributed by atoms with E-state index >= 15 is 0 Å². The fourth-order valence-corrected chi connectivity index (χ4v) is 4.44. The molecule has 3 aromatic rings. The minimum absolute atomic E-state index is 0.288. The van der Waals surface area contributed by atoms with E-state index in [0.717, 1.165) is 11.3 Å². The molecule has 3 N–H and O–H groups in total. The van der Waals surface area contributed by atoms with Gasteiger partial charge < -0.3 is 10.6 Å². The summed E-state index contributed by atoms with van der Waals surface area (Å²) in [5.41, 5.74) is 3.61. The molecule has 0 bridgehead atoms. The third-order valence-corrected chi connectivity index (χ3v) is 6.49. The van der Waals surface area contributed by atoms with Gasteiger partial charge in [-0.15, -0.1) is 0 Å². The number of hydrogen-bond acceptors (Lipinski definition) is 3. The van der Waals surface area contributed by atoms with Crippen LogP contribution in [0.1, 0.15) is 26.3 Å². The molecule has 1 fully saturated rings. The van der Waals surface area contributed by atoms with Gasteiger partial charge in [0, 0.05) is 29.9 Å². The molecule has 0 aliphatic carbocycles. The van der Waals surface area contributed by atoms with Crippen molar-refractivity contribution in [2.45, 2.75) is 6.92 Å². The van der Waals surface area contributed by atoms with Crippen molar-refractivity contribution >= 4 is 51.6 Å². The van der Waals surface area contributed by atoms with Gasteiger partial charge in [-0.25, -0.2) is 8.93 Å². The Balaban J connectivity index is 1.45. The zero-order chi connectivity index (χ0) is 22.7. The van der Waals surface area contributed by atoms with Crippen LogP contribution >= 0.6 is 11.6 Å². The molecule has 1 saturated heterocycles. The van der Waals surface area contributed by atoms with E-state index in [1.165, 1.54) is 0 Å². The highest BCUT2D eigenvalue weighted by Gasteiger charge is 2.20. The third kappa shape index (κ3) is 4.99. The fraction of sp³-hybridized carbons (Fsp3) is 0.130. The normalized spacial score (nSPS) is 15.4. The maximum atomic E-state index is 12.7. The zero-order valence-corrected chi connectivity index (χ0v) is 18.8. The maximum Gasteiger partial charge on any atom is 0.255 e.